The molecule has 0 saturated heterocycles. The number of hydrogen-bond acceptors (Lipinski definition) is 3. The average Bonchev–Trinajstić information content (AvgIpc) is 2.69. The van der Waals surface area contributed by atoms with Crippen LogP contribution in [-0.4, -0.2) is 15.9 Å². The van der Waals surface area contributed by atoms with Crippen LogP contribution in [0.25, 0.3) is 22.2 Å². The number of anilines is 1. The normalized spacial score (nSPS) is 10.7. The minimum atomic E-state index is -0.252. The van der Waals surface area contributed by atoms with Gasteiger partial charge in [-0.25, -0.2) is 9.97 Å². The van der Waals surface area contributed by atoms with Gasteiger partial charge in [0.1, 0.15) is 0 Å². The Morgan fingerprint density at radius 2 is 1.85 bits per heavy atom. The molecule has 1 N–H and O–H groups in total. The first-order valence-corrected chi connectivity index (χ1v) is 8.88. The smallest absolute Gasteiger partial charge is 0.256 e. The van der Waals surface area contributed by atoms with Crippen LogP contribution < -0.4 is 5.32 Å². The van der Waals surface area contributed by atoms with Crippen LogP contribution in [0.1, 0.15) is 15.9 Å². The van der Waals surface area contributed by atoms with Crippen LogP contribution in [0.3, 0.4) is 0 Å². The van der Waals surface area contributed by atoms with Crippen molar-refractivity contribution in [2.45, 2.75) is 6.92 Å². The lowest BCUT2D eigenvalue weighted by Crippen LogP contribution is -2.13. The van der Waals surface area contributed by atoms with Crippen molar-refractivity contribution in [3.05, 3.63) is 89.2 Å². The van der Waals surface area contributed by atoms with E-state index in [1.54, 1.807) is 18.3 Å². The van der Waals surface area contributed by atoms with Crippen LogP contribution in [-0.2, 0) is 0 Å². The third-order valence-electron chi connectivity index (χ3n) is 4.28. The maximum absolute atomic E-state index is 13.0. The molecule has 0 aliphatic heterocycles. The van der Waals surface area contributed by atoms with Crippen LogP contribution in [0.2, 0.25) is 5.15 Å². The van der Waals surface area contributed by atoms with Gasteiger partial charge < -0.3 is 5.32 Å². The number of amides is 1. The summed E-state index contributed by atoms with van der Waals surface area (Å²) < 4.78 is 0. The number of hydrogen-bond donors (Lipinski definition) is 1. The number of nitrogens with zero attached hydrogens (tertiary/aromatic N) is 2. The largest absolute Gasteiger partial charge is 0.319 e. The van der Waals surface area contributed by atoms with Crippen molar-refractivity contribution in [1.82, 2.24) is 9.97 Å². The lowest BCUT2D eigenvalue weighted by atomic mass is 10.0. The summed E-state index contributed by atoms with van der Waals surface area (Å²) >= 11 is 6.08. The molecule has 0 aliphatic rings. The molecule has 0 atom stereocenters. The molecule has 4 aromatic rings. The summed E-state index contributed by atoms with van der Waals surface area (Å²) in [6, 6.07) is 20.9. The van der Waals surface area contributed by atoms with Crippen molar-refractivity contribution in [2.75, 3.05) is 5.32 Å². The Morgan fingerprint density at radius 3 is 2.67 bits per heavy atom. The molecule has 0 bridgehead atoms. The highest BCUT2D eigenvalue weighted by molar-refractivity contribution is 6.32. The number of halogens is 1. The van der Waals surface area contributed by atoms with Crippen molar-refractivity contribution in [3.63, 3.8) is 0 Å². The molecule has 4 rings (SSSR count). The van der Waals surface area contributed by atoms with Gasteiger partial charge in [0.15, 0.2) is 5.15 Å². The van der Waals surface area contributed by atoms with Crippen molar-refractivity contribution < 1.29 is 4.79 Å². The third kappa shape index (κ3) is 3.52. The summed E-state index contributed by atoms with van der Waals surface area (Å²) in [5.41, 5.74) is 4.63. The SMILES string of the molecule is Cc1cccc(-c2cc(C(=O)Nc3cccnc3Cl)c3ccccc3n2)c1. The predicted octanol–water partition coefficient (Wildman–Crippen LogP) is 5.51. The van der Waals surface area contributed by atoms with Crippen molar-refractivity contribution in [1.29, 1.82) is 0 Å². The zero-order chi connectivity index (χ0) is 18.8. The highest BCUT2D eigenvalue weighted by Crippen LogP contribution is 2.27. The van der Waals surface area contributed by atoms with Gasteiger partial charge in [-0.2, -0.15) is 0 Å². The summed E-state index contributed by atoms with van der Waals surface area (Å²) in [7, 11) is 0. The van der Waals surface area contributed by atoms with Crippen LogP contribution >= 0.6 is 11.6 Å². The molecule has 0 spiro atoms. The molecule has 1 amide bonds. The molecule has 0 aliphatic carbocycles. The van der Waals surface area contributed by atoms with E-state index in [2.05, 4.69) is 16.4 Å². The topological polar surface area (TPSA) is 54.9 Å². The lowest BCUT2D eigenvalue weighted by molar-refractivity contribution is 0.102. The maximum Gasteiger partial charge on any atom is 0.256 e. The molecule has 2 aromatic carbocycles. The summed E-state index contributed by atoms with van der Waals surface area (Å²) in [5.74, 6) is -0.252. The fourth-order valence-corrected chi connectivity index (χ4v) is 3.15. The predicted molar refractivity (Wildman–Crippen MR) is 109 cm³/mol. The molecule has 5 heteroatoms. The van der Waals surface area contributed by atoms with Gasteiger partial charge >= 0.3 is 0 Å². The van der Waals surface area contributed by atoms with Crippen LogP contribution in [0.4, 0.5) is 5.69 Å². The summed E-state index contributed by atoms with van der Waals surface area (Å²) in [4.78, 5) is 21.7. The molecule has 27 heavy (non-hydrogen) atoms. The number of benzene rings is 2. The van der Waals surface area contributed by atoms with Crippen LogP contribution in [0.15, 0.2) is 72.9 Å². The van der Waals surface area contributed by atoms with E-state index in [-0.39, 0.29) is 11.1 Å². The molecule has 0 unspecified atom stereocenters. The molecular formula is C22H16ClN3O. The van der Waals surface area contributed by atoms with Crippen molar-refractivity contribution in [3.8, 4) is 11.3 Å². The van der Waals surface area contributed by atoms with Gasteiger partial charge in [0.25, 0.3) is 5.91 Å². The van der Waals surface area contributed by atoms with E-state index >= 15 is 0 Å². The van der Waals surface area contributed by atoms with Crippen molar-refractivity contribution in [2.24, 2.45) is 0 Å². The number of carbonyl (C=O) groups excluding carboxylic acids is 1. The molecule has 4 nitrogen and oxygen atoms in total. The molecule has 0 radical (unpaired) electrons. The molecule has 132 valence electrons. The first-order valence-electron chi connectivity index (χ1n) is 8.50. The van der Waals surface area contributed by atoms with E-state index in [0.717, 1.165) is 27.7 Å². The zero-order valence-electron chi connectivity index (χ0n) is 14.6. The van der Waals surface area contributed by atoms with Gasteiger partial charge in [-0.1, -0.05) is 53.6 Å². The first-order chi connectivity index (χ1) is 13.1. The van der Waals surface area contributed by atoms with Crippen LogP contribution in [0, 0.1) is 6.92 Å². The average molecular weight is 374 g/mol. The first kappa shape index (κ1) is 17.2. The highest BCUT2D eigenvalue weighted by Gasteiger charge is 2.15. The second kappa shape index (κ2) is 7.17. The Hall–Kier alpha value is -3.24. The van der Waals surface area contributed by atoms with E-state index < -0.39 is 0 Å². The molecular weight excluding hydrogens is 358 g/mol. The zero-order valence-corrected chi connectivity index (χ0v) is 15.4. The molecule has 0 fully saturated rings. The van der Waals surface area contributed by atoms with Gasteiger partial charge in [-0.15, -0.1) is 0 Å². The summed E-state index contributed by atoms with van der Waals surface area (Å²) in [5, 5.41) is 3.88. The van der Waals surface area contributed by atoms with E-state index in [0.29, 0.717) is 11.3 Å². The monoisotopic (exact) mass is 373 g/mol. The number of para-hydroxylation sites is 1. The second-order valence-corrected chi connectivity index (χ2v) is 6.60. The number of aryl methyl sites for hydroxylation is 1. The number of carbonyl (C=O) groups is 1. The van der Waals surface area contributed by atoms with E-state index in [4.69, 9.17) is 16.6 Å². The minimum absolute atomic E-state index is 0.252. The van der Waals surface area contributed by atoms with Gasteiger partial charge in [-0.3, -0.25) is 4.79 Å². The van der Waals surface area contributed by atoms with Gasteiger partial charge in [0, 0.05) is 17.1 Å². The number of rotatable bonds is 3. The fraction of sp³-hybridized carbons (Fsp3) is 0.0455. The van der Waals surface area contributed by atoms with Gasteiger partial charge in [0.2, 0.25) is 0 Å². The summed E-state index contributed by atoms with van der Waals surface area (Å²) in [6.45, 7) is 2.03. The molecule has 0 saturated carbocycles. The van der Waals surface area contributed by atoms with Crippen molar-refractivity contribution >= 4 is 34.1 Å². The fourth-order valence-electron chi connectivity index (χ4n) is 2.98. The van der Waals surface area contributed by atoms with Crippen LogP contribution in [0.5, 0.6) is 0 Å². The number of nitrogens with one attached hydrogen (secondary N) is 1. The number of aromatic nitrogens is 2. The Labute approximate surface area is 161 Å². The van der Waals surface area contributed by atoms with E-state index in [9.17, 15) is 4.79 Å². The molecule has 2 heterocycles. The van der Waals surface area contributed by atoms with Gasteiger partial charge in [0.05, 0.1) is 22.5 Å². The summed E-state index contributed by atoms with van der Waals surface area (Å²) in [6.07, 6.45) is 1.58. The highest BCUT2D eigenvalue weighted by atomic mass is 35.5. The Kier molecular flexibility index (Phi) is 4.57. The lowest BCUT2D eigenvalue weighted by Gasteiger charge is -2.11. The number of fused-ring (bicyclic) bond motifs is 1. The van der Waals surface area contributed by atoms with Gasteiger partial charge in [-0.05, 0) is 37.3 Å². The van der Waals surface area contributed by atoms with E-state index in [1.807, 2.05) is 55.5 Å². The molecule has 2 aromatic heterocycles. The Morgan fingerprint density at radius 1 is 1.00 bits per heavy atom. The van der Waals surface area contributed by atoms with E-state index in [1.165, 1.54) is 0 Å². The second-order valence-electron chi connectivity index (χ2n) is 6.24. The quantitative estimate of drug-likeness (QED) is 0.481. The maximum atomic E-state index is 13.0. The standard InChI is InChI=1S/C22H16ClN3O/c1-14-6-4-7-15(12-14)20-13-17(16-8-2-3-9-18(16)25-20)22(27)26-19-10-5-11-24-21(19)23/h2-13H,1H3,(H,26,27). The number of pyridine rings is 2. The minimum Gasteiger partial charge on any atom is -0.319 e. The third-order valence-corrected chi connectivity index (χ3v) is 4.58. The Balaban J connectivity index is 1.83. The Bertz CT molecular complexity index is 1160.